The van der Waals surface area contributed by atoms with Gasteiger partial charge < -0.3 is 14.4 Å². The third-order valence-electron chi connectivity index (χ3n) is 5.36. The van der Waals surface area contributed by atoms with Crippen molar-refractivity contribution in [1.82, 2.24) is 14.3 Å². The Kier molecular flexibility index (Phi) is 5.74. The van der Waals surface area contributed by atoms with E-state index in [2.05, 4.69) is 39.5 Å². The van der Waals surface area contributed by atoms with Crippen LogP contribution in [0.4, 0.5) is 13.2 Å². The summed E-state index contributed by atoms with van der Waals surface area (Å²) in [7, 11) is 0. The number of carboxylic acid groups (broad SMARTS) is 1. The third-order valence-corrected chi connectivity index (χ3v) is 5.36. The monoisotopic (exact) mass is 383 g/mol. The molecule has 1 aliphatic carbocycles. The van der Waals surface area contributed by atoms with E-state index < -0.39 is 12.1 Å². The lowest BCUT2D eigenvalue weighted by Gasteiger charge is -2.42. The number of aryl methyl sites for hydroxylation is 1. The average Bonchev–Trinajstić information content (AvgIpc) is 2.94. The number of aliphatic carboxylic acids is 1. The van der Waals surface area contributed by atoms with Crippen LogP contribution in [0.3, 0.4) is 0 Å². The number of rotatable bonds is 4. The molecule has 0 radical (unpaired) electrons. The van der Waals surface area contributed by atoms with E-state index in [1.54, 1.807) is 0 Å². The molecular formula is C19H24F3N3O2. The minimum atomic E-state index is -5.08. The molecule has 1 aliphatic heterocycles. The summed E-state index contributed by atoms with van der Waals surface area (Å²) in [5.74, 6) is -1.12. The molecule has 3 heterocycles. The summed E-state index contributed by atoms with van der Waals surface area (Å²) in [6.45, 7) is 5.93. The number of likely N-dealkylation sites (tertiary alicyclic amines) is 1. The summed E-state index contributed by atoms with van der Waals surface area (Å²) in [6.07, 6.45) is 4.56. The van der Waals surface area contributed by atoms with Crippen molar-refractivity contribution in [2.75, 3.05) is 19.6 Å². The molecule has 1 saturated heterocycles. The summed E-state index contributed by atoms with van der Waals surface area (Å²) in [4.78, 5) is 16.2. The first-order valence-corrected chi connectivity index (χ1v) is 9.26. The molecule has 0 unspecified atom stereocenters. The van der Waals surface area contributed by atoms with Crippen molar-refractivity contribution in [3.8, 4) is 0 Å². The summed E-state index contributed by atoms with van der Waals surface area (Å²) in [5.41, 5.74) is 3.98. The molecule has 0 aromatic carbocycles. The number of imidazole rings is 1. The lowest BCUT2D eigenvalue weighted by atomic mass is 9.83. The Morgan fingerprint density at radius 3 is 2.48 bits per heavy atom. The molecule has 27 heavy (non-hydrogen) atoms. The molecule has 5 nitrogen and oxygen atoms in total. The van der Waals surface area contributed by atoms with Crippen molar-refractivity contribution in [3.05, 3.63) is 35.9 Å². The highest BCUT2D eigenvalue weighted by molar-refractivity contribution is 5.73. The fourth-order valence-corrected chi connectivity index (χ4v) is 3.52. The summed E-state index contributed by atoms with van der Waals surface area (Å²) in [6, 6.07) is 4.49. The van der Waals surface area contributed by atoms with Crippen molar-refractivity contribution < 1.29 is 23.1 Å². The molecule has 1 N–H and O–H groups in total. The Morgan fingerprint density at radius 2 is 1.96 bits per heavy atom. The van der Waals surface area contributed by atoms with Gasteiger partial charge in [-0.05, 0) is 36.8 Å². The quantitative estimate of drug-likeness (QED) is 0.874. The largest absolute Gasteiger partial charge is 0.490 e. The Labute approximate surface area is 155 Å². The zero-order valence-corrected chi connectivity index (χ0v) is 15.2. The summed E-state index contributed by atoms with van der Waals surface area (Å²) < 4.78 is 33.9. The van der Waals surface area contributed by atoms with E-state index in [0.29, 0.717) is 5.92 Å². The molecule has 2 fully saturated rings. The van der Waals surface area contributed by atoms with E-state index in [0.717, 1.165) is 12.3 Å². The number of pyridine rings is 1. The maximum Gasteiger partial charge on any atom is 0.490 e. The molecule has 148 valence electrons. The van der Waals surface area contributed by atoms with Crippen LogP contribution in [0, 0.1) is 5.92 Å². The maximum absolute atomic E-state index is 10.6. The van der Waals surface area contributed by atoms with Gasteiger partial charge in [-0.15, -0.1) is 0 Å². The molecule has 4 rings (SSSR count). The van der Waals surface area contributed by atoms with Gasteiger partial charge in [-0.3, -0.25) is 0 Å². The van der Waals surface area contributed by atoms with Crippen molar-refractivity contribution >= 4 is 11.5 Å². The van der Waals surface area contributed by atoms with Crippen LogP contribution >= 0.6 is 0 Å². The number of hydrogen-bond acceptors (Lipinski definition) is 3. The number of carboxylic acids is 1. The molecule has 0 spiro atoms. The topological polar surface area (TPSA) is 57.8 Å². The number of hydrogen-bond donors (Lipinski definition) is 1. The Balaban J connectivity index is 0.000000260. The maximum atomic E-state index is 10.6. The SMILES string of the molecule is CCc1ccc2c(C3CN(CC4CCC4)C3)ncn2c1.O=C(O)C(F)(F)F. The smallest absolute Gasteiger partial charge is 0.475 e. The van der Waals surface area contributed by atoms with Gasteiger partial charge in [0, 0.05) is 31.7 Å². The summed E-state index contributed by atoms with van der Waals surface area (Å²) in [5, 5.41) is 7.12. The van der Waals surface area contributed by atoms with E-state index in [1.807, 2.05) is 6.33 Å². The van der Waals surface area contributed by atoms with Gasteiger partial charge in [-0.25, -0.2) is 9.78 Å². The van der Waals surface area contributed by atoms with Gasteiger partial charge in [0.25, 0.3) is 0 Å². The Bertz CT molecular complexity index is 793. The highest BCUT2D eigenvalue weighted by Crippen LogP contribution is 2.33. The molecule has 1 saturated carbocycles. The van der Waals surface area contributed by atoms with Gasteiger partial charge >= 0.3 is 12.1 Å². The molecule has 2 aromatic rings. The van der Waals surface area contributed by atoms with E-state index in [9.17, 15) is 13.2 Å². The highest BCUT2D eigenvalue weighted by Gasteiger charge is 2.38. The van der Waals surface area contributed by atoms with Gasteiger partial charge in [0.1, 0.15) is 0 Å². The molecule has 2 aliphatic rings. The van der Waals surface area contributed by atoms with Crippen molar-refractivity contribution in [2.24, 2.45) is 5.92 Å². The third kappa shape index (κ3) is 4.61. The van der Waals surface area contributed by atoms with Crippen LogP contribution in [0.5, 0.6) is 0 Å². The second kappa shape index (κ2) is 7.88. The zero-order valence-electron chi connectivity index (χ0n) is 15.2. The van der Waals surface area contributed by atoms with Crippen LogP contribution in [-0.2, 0) is 11.2 Å². The highest BCUT2D eigenvalue weighted by atomic mass is 19.4. The van der Waals surface area contributed by atoms with Crippen LogP contribution in [0.15, 0.2) is 24.7 Å². The van der Waals surface area contributed by atoms with E-state index in [1.165, 1.54) is 55.7 Å². The standard InChI is InChI=1S/C17H23N3.C2HF3O2/c1-2-13-6-7-16-17(18-12-20(16)9-13)15-10-19(11-15)8-14-4-3-5-14;3-2(4,5)1(6)7/h6-7,9,12,14-15H,2-5,8,10-11H2,1H3;(H,6,7). The number of aromatic nitrogens is 2. The lowest BCUT2D eigenvalue weighted by Crippen LogP contribution is -2.48. The Hall–Kier alpha value is -2.09. The van der Waals surface area contributed by atoms with Crippen LogP contribution in [0.2, 0.25) is 0 Å². The van der Waals surface area contributed by atoms with E-state index in [4.69, 9.17) is 9.90 Å². The van der Waals surface area contributed by atoms with Gasteiger partial charge in [-0.2, -0.15) is 13.2 Å². The number of fused-ring (bicyclic) bond motifs is 1. The average molecular weight is 383 g/mol. The molecule has 0 atom stereocenters. The number of halogens is 3. The number of nitrogens with zero attached hydrogens (tertiary/aromatic N) is 3. The minimum absolute atomic E-state index is 0.646. The first-order valence-electron chi connectivity index (χ1n) is 9.26. The number of alkyl halides is 3. The molecular weight excluding hydrogens is 359 g/mol. The first-order chi connectivity index (χ1) is 12.8. The normalized spacial score (nSPS) is 18.5. The van der Waals surface area contributed by atoms with Crippen molar-refractivity contribution in [1.29, 1.82) is 0 Å². The van der Waals surface area contributed by atoms with Crippen LogP contribution in [0.1, 0.15) is 43.4 Å². The Morgan fingerprint density at radius 1 is 1.30 bits per heavy atom. The van der Waals surface area contributed by atoms with Crippen LogP contribution in [0.25, 0.3) is 5.52 Å². The van der Waals surface area contributed by atoms with Gasteiger partial charge in [0.15, 0.2) is 0 Å². The van der Waals surface area contributed by atoms with Gasteiger partial charge in [0.2, 0.25) is 0 Å². The molecule has 8 heteroatoms. The fraction of sp³-hybridized carbons (Fsp3) is 0.579. The van der Waals surface area contributed by atoms with E-state index in [-0.39, 0.29) is 0 Å². The van der Waals surface area contributed by atoms with E-state index >= 15 is 0 Å². The second-order valence-electron chi connectivity index (χ2n) is 7.33. The molecule has 0 amide bonds. The molecule has 0 bridgehead atoms. The lowest BCUT2D eigenvalue weighted by molar-refractivity contribution is -0.192. The predicted octanol–water partition coefficient (Wildman–Crippen LogP) is 3.73. The predicted molar refractivity (Wildman–Crippen MR) is 94.8 cm³/mol. The first kappa shape index (κ1) is 19.7. The minimum Gasteiger partial charge on any atom is -0.475 e. The van der Waals surface area contributed by atoms with Crippen LogP contribution < -0.4 is 0 Å². The van der Waals surface area contributed by atoms with Crippen molar-refractivity contribution in [2.45, 2.75) is 44.7 Å². The molecule has 2 aromatic heterocycles. The van der Waals surface area contributed by atoms with Gasteiger partial charge in [-0.1, -0.05) is 19.4 Å². The van der Waals surface area contributed by atoms with Crippen molar-refractivity contribution in [3.63, 3.8) is 0 Å². The zero-order chi connectivity index (χ0) is 19.6. The second-order valence-corrected chi connectivity index (χ2v) is 7.33. The number of carbonyl (C=O) groups is 1. The van der Waals surface area contributed by atoms with Gasteiger partial charge in [0.05, 0.1) is 17.5 Å². The summed E-state index contributed by atoms with van der Waals surface area (Å²) >= 11 is 0. The fourth-order valence-electron chi connectivity index (χ4n) is 3.52. The van der Waals surface area contributed by atoms with Crippen LogP contribution in [-0.4, -0.2) is 51.2 Å².